The SMILES string of the molecule is CCCCC#Cc1nc(N)c2nc(-c3ccco3)n(CCCl)c2n1. The average Bonchev–Trinajstić information content (AvgIpc) is 3.21. The number of unbranched alkanes of at least 4 members (excludes halogenated alkanes) is 2. The second-order valence-corrected chi connectivity index (χ2v) is 5.64. The van der Waals surface area contributed by atoms with Gasteiger partial charge in [0.25, 0.3) is 0 Å². The lowest BCUT2D eigenvalue weighted by Crippen LogP contribution is -2.04. The molecule has 7 heteroatoms. The molecule has 6 nitrogen and oxygen atoms in total. The standard InChI is InChI=1S/C17H18ClN5O/c1-2-3-4-5-8-13-20-15(19)14-17(21-13)23(10-9-18)16(22-14)12-7-6-11-24-12/h6-7,11H,2-4,9-10H2,1H3,(H2,19,20,21). The summed E-state index contributed by atoms with van der Waals surface area (Å²) in [6.07, 6.45) is 4.57. The van der Waals surface area contributed by atoms with Gasteiger partial charge in [-0.2, -0.15) is 0 Å². The lowest BCUT2D eigenvalue weighted by atomic mass is 10.2. The number of fused-ring (bicyclic) bond motifs is 1. The monoisotopic (exact) mass is 343 g/mol. The molecule has 0 fully saturated rings. The maximum Gasteiger partial charge on any atom is 0.208 e. The Hall–Kier alpha value is -2.52. The van der Waals surface area contributed by atoms with Gasteiger partial charge in [-0.15, -0.1) is 11.6 Å². The fraction of sp³-hybridized carbons (Fsp3) is 0.353. The van der Waals surface area contributed by atoms with Crippen LogP contribution in [0, 0.1) is 11.8 Å². The second-order valence-electron chi connectivity index (χ2n) is 5.26. The number of anilines is 1. The Bertz CT molecular complexity index is 889. The number of hydrogen-bond acceptors (Lipinski definition) is 5. The third-order valence-corrected chi connectivity index (χ3v) is 3.70. The van der Waals surface area contributed by atoms with Crippen LogP contribution < -0.4 is 5.73 Å². The normalized spacial score (nSPS) is 10.8. The lowest BCUT2D eigenvalue weighted by Gasteiger charge is -2.04. The summed E-state index contributed by atoms with van der Waals surface area (Å²) in [4.78, 5) is 13.3. The highest BCUT2D eigenvalue weighted by molar-refractivity contribution is 6.17. The number of hydrogen-bond donors (Lipinski definition) is 1. The number of nitrogen functional groups attached to an aromatic ring is 1. The van der Waals surface area contributed by atoms with Gasteiger partial charge in [-0.1, -0.05) is 19.3 Å². The zero-order chi connectivity index (χ0) is 16.9. The van der Waals surface area contributed by atoms with Crippen LogP contribution in [0.25, 0.3) is 22.7 Å². The van der Waals surface area contributed by atoms with Gasteiger partial charge in [0.15, 0.2) is 28.6 Å². The molecule has 0 aliphatic rings. The van der Waals surface area contributed by atoms with Gasteiger partial charge in [0.1, 0.15) is 0 Å². The van der Waals surface area contributed by atoms with Crippen molar-refractivity contribution in [1.29, 1.82) is 0 Å². The van der Waals surface area contributed by atoms with Crippen molar-refractivity contribution in [2.45, 2.75) is 32.7 Å². The van der Waals surface area contributed by atoms with E-state index in [-0.39, 0.29) is 0 Å². The molecule has 2 N–H and O–H groups in total. The Labute approximate surface area is 145 Å². The van der Waals surface area contributed by atoms with Crippen LogP contribution >= 0.6 is 11.6 Å². The number of aryl methyl sites for hydroxylation is 1. The average molecular weight is 344 g/mol. The summed E-state index contributed by atoms with van der Waals surface area (Å²) in [5.74, 6) is 8.44. The summed E-state index contributed by atoms with van der Waals surface area (Å²) in [6.45, 7) is 2.66. The van der Waals surface area contributed by atoms with Gasteiger partial charge in [0, 0.05) is 18.8 Å². The van der Waals surface area contributed by atoms with Crippen molar-refractivity contribution in [3.05, 3.63) is 24.2 Å². The van der Waals surface area contributed by atoms with Gasteiger partial charge in [-0.25, -0.2) is 15.0 Å². The van der Waals surface area contributed by atoms with Crippen molar-refractivity contribution in [1.82, 2.24) is 19.5 Å². The van der Waals surface area contributed by atoms with Gasteiger partial charge in [0.2, 0.25) is 5.82 Å². The summed E-state index contributed by atoms with van der Waals surface area (Å²) in [6, 6.07) is 3.64. The highest BCUT2D eigenvalue weighted by Crippen LogP contribution is 2.26. The summed E-state index contributed by atoms with van der Waals surface area (Å²) >= 11 is 5.94. The van der Waals surface area contributed by atoms with E-state index in [2.05, 4.69) is 33.7 Å². The summed E-state index contributed by atoms with van der Waals surface area (Å²) < 4.78 is 7.34. The van der Waals surface area contributed by atoms with Crippen LogP contribution in [0.5, 0.6) is 0 Å². The van der Waals surface area contributed by atoms with Crippen molar-refractivity contribution in [2.75, 3.05) is 11.6 Å². The van der Waals surface area contributed by atoms with Crippen molar-refractivity contribution < 1.29 is 4.42 Å². The number of furan rings is 1. The highest BCUT2D eigenvalue weighted by Gasteiger charge is 2.18. The fourth-order valence-electron chi connectivity index (χ4n) is 2.37. The number of halogens is 1. The van der Waals surface area contributed by atoms with E-state index in [1.54, 1.807) is 12.3 Å². The molecule has 3 aromatic heterocycles. The Balaban J connectivity index is 2.10. The summed E-state index contributed by atoms with van der Waals surface area (Å²) in [5.41, 5.74) is 7.21. The predicted molar refractivity (Wildman–Crippen MR) is 94.6 cm³/mol. The molecule has 0 saturated heterocycles. The smallest absolute Gasteiger partial charge is 0.208 e. The largest absolute Gasteiger partial charge is 0.461 e. The van der Waals surface area contributed by atoms with Crippen LogP contribution in [-0.2, 0) is 6.54 Å². The van der Waals surface area contributed by atoms with E-state index in [4.69, 9.17) is 21.8 Å². The molecule has 0 saturated carbocycles. The fourth-order valence-corrected chi connectivity index (χ4v) is 2.54. The van der Waals surface area contributed by atoms with Gasteiger partial charge in [0.05, 0.1) is 6.26 Å². The predicted octanol–water partition coefficient (Wildman–Crippen LogP) is 3.45. The number of nitrogens with two attached hydrogens (primary N) is 1. The topological polar surface area (TPSA) is 82.8 Å². The van der Waals surface area contributed by atoms with Gasteiger partial charge in [-0.05, 0) is 24.5 Å². The molecule has 0 spiro atoms. The van der Waals surface area contributed by atoms with Crippen molar-refractivity contribution in [3.63, 3.8) is 0 Å². The molecule has 0 unspecified atom stereocenters. The highest BCUT2D eigenvalue weighted by atomic mass is 35.5. The number of alkyl halides is 1. The van der Waals surface area contributed by atoms with E-state index >= 15 is 0 Å². The molecule has 0 atom stereocenters. The third-order valence-electron chi connectivity index (χ3n) is 3.53. The lowest BCUT2D eigenvalue weighted by molar-refractivity contribution is 0.571. The molecule has 0 aliphatic heterocycles. The molecule has 24 heavy (non-hydrogen) atoms. The third kappa shape index (κ3) is 3.22. The first kappa shape index (κ1) is 16.3. The number of nitrogens with zero attached hydrogens (tertiary/aromatic N) is 4. The molecule has 3 rings (SSSR count). The zero-order valence-electron chi connectivity index (χ0n) is 13.4. The van der Waals surface area contributed by atoms with Crippen LogP contribution in [-0.4, -0.2) is 25.4 Å². The van der Waals surface area contributed by atoms with Crippen molar-refractivity contribution in [3.8, 4) is 23.4 Å². The first-order chi connectivity index (χ1) is 11.7. The number of rotatable bonds is 5. The van der Waals surface area contributed by atoms with Gasteiger partial charge in [-0.3, -0.25) is 0 Å². The zero-order valence-corrected chi connectivity index (χ0v) is 14.2. The Kier molecular flexibility index (Phi) is 5.02. The van der Waals surface area contributed by atoms with Gasteiger partial charge >= 0.3 is 0 Å². The second kappa shape index (κ2) is 7.37. The minimum atomic E-state index is 0.306. The van der Waals surface area contributed by atoms with Crippen LogP contribution in [0.15, 0.2) is 22.8 Å². The molecule has 0 aromatic carbocycles. The molecule has 0 radical (unpaired) electrons. The van der Waals surface area contributed by atoms with E-state index < -0.39 is 0 Å². The minimum Gasteiger partial charge on any atom is -0.461 e. The molecule has 0 amide bonds. The minimum absolute atomic E-state index is 0.306. The Morgan fingerprint density at radius 1 is 1.33 bits per heavy atom. The Morgan fingerprint density at radius 2 is 2.21 bits per heavy atom. The van der Waals surface area contributed by atoms with E-state index in [0.29, 0.717) is 46.8 Å². The molecule has 3 aromatic rings. The van der Waals surface area contributed by atoms with Crippen molar-refractivity contribution >= 4 is 28.6 Å². The van der Waals surface area contributed by atoms with Crippen LogP contribution in [0.4, 0.5) is 5.82 Å². The summed E-state index contributed by atoms with van der Waals surface area (Å²) in [7, 11) is 0. The molecular formula is C17H18ClN5O. The molecule has 124 valence electrons. The first-order valence-electron chi connectivity index (χ1n) is 7.87. The van der Waals surface area contributed by atoms with Crippen LogP contribution in [0.1, 0.15) is 32.0 Å². The maximum atomic E-state index is 6.06. The van der Waals surface area contributed by atoms with Gasteiger partial charge < -0.3 is 14.7 Å². The maximum absolute atomic E-state index is 6.06. The molecule has 0 bridgehead atoms. The van der Waals surface area contributed by atoms with E-state index in [1.807, 2.05) is 10.6 Å². The number of aromatic nitrogens is 4. The molecule has 3 heterocycles. The van der Waals surface area contributed by atoms with Crippen molar-refractivity contribution in [2.24, 2.45) is 0 Å². The van der Waals surface area contributed by atoms with Crippen LogP contribution in [0.2, 0.25) is 0 Å². The van der Waals surface area contributed by atoms with E-state index in [0.717, 1.165) is 19.3 Å². The van der Waals surface area contributed by atoms with E-state index in [1.165, 1.54) is 0 Å². The Morgan fingerprint density at radius 3 is 2.92 bits per heavy atom. The molecule has 0 aliphatic carbocycles. The molecular weight excluding hydrogens is 326 g/mol. The summed E-state index contributed by atoms with van der Waals surface area (Å²) in [5, 5.41) is 0. The van der Waals surface area contributed by atoms with Crippen LogP contribution in [0.3, 0.4) is 0 Å². The van der Waals surface area contributed by atoms with E-state index in [9.17, 15) is 0 Å². The number of imidazole rings is 1. The first-order valence-corrected chi connectivity index (χ1v) is 8.40. The quantitative estimate of drug-likeness (QED) is 0.436.